The second kappa shape index (κ2) is 13.4. The van der Waals surface area contributed by atoms with Crippen molar-refractivity contribution in [2.24, 2.45) is 0 Å². The van der Waals surface area contributed by atoms with E-state index in [1.54, 1.807) is 54.6 Å². The van der Waals surface area contributed by atoms with Crippen LogP contribution in [-0.2, 0) is 28.0 Å². The molecule has 4 aromatic rings. The monoisotopic (exact) mass is 742 g/mol. The lowest BCUT2D eigenvalue weighted by Crippen LogP contribution is -2.59. The molecule has 0 spiro atoms. The molecule has 47 heavy (non-hydrogen) atoms. The average molecular weight is 743 g/mol. The van der Waals surface area contributed by atoms with Crippen LogP contribution in [0.25, 0.3) is 0 Å². The van der Waals surface area contributed by atoms with Gasteiger partial charge < -0.3 is 14.7 Å². The Morgan fingerprint density at radius 2 is 1.47 bits per heavy atom. The minimum Gasteiger partial charge on any atom is -0.488 e. The summed E-state index contributed by atoms with van der Waals surface area (Å²) in [5, 5.41) is 9.71. The molecule has 1 aliphatic rings. The molecule has 0 aliphatic carbocycles. The molecule has 1 atom stereocenters. The molecule has 1 amide bonds. The third-order valence-corrected chi connectivity index (χ3v) is 9.78. The van der Waals surface area contributed by atoms with Crippen LogP contribution < -0.4 is 9.64 Å². The maximum Gasteiger partial charge on any atom is 0.339 e. The van der Waals surface area contributed by atoms with E-state index in [1.165, 1.54) is 0 Å². The quantitative estimate of drug-likeness (QED) is 0.112. The van der Waals surface area contributed by atoms with E-state index in [2.05, 4.69) is 15.9 Å². The predicted octanol–water partition coefficient (Wildman–Crippen LogP) is 6.56. The van der Waals surface area contributed by atoms with E-state index < -0.39 is 92.1 Å². The Labute approximate surface area is 272 Å². The Morgan fingerprint density at radius 3 is 2.02 bits per heavy atom. The second-order valence-electron chi connectivity index (χ2n) is 10.2. The van der Waals surface area contributed by atoms with Gasteiger partial charge in [0, 0.05) is 17.1 Å². The third-order valence-electron chi connectivity index (χ3n) is 7.32. The van der Waals surface area contributed by atoms with E-state index in [1.807, 2.05) is 0 Å². The van der Waals surface area contributed by atoms with Gasteiger partial charge in [0.05, 0.1) is 12.2 Å². The summed E-state index contributed by atoms with van der Waals surface area (Å²) in [6, 6.07) is 14.6. The number of sulfonamides is 1. The molecular formula is C31H21BrF6N2O6S. The zero-order valence-corrected chi connectivity index (χ0v) is 26.1. The summed E-state index contributed by atoms with van der Waals surface area (Å²) in [5.41, 5.74) is -0.103. The van der Waals surface area contributed by atoms with Crippen molar-refractivity contribution in [3.63, 3.8) is 0 Å². The lowest BCUT2D eigenvalue weighted by Gasteiger charge is -2.41. The first-order chi connectivity index (χ1) is 22.2. The van der Waals surface area contributed by atoms with Gasteiger partial charge in [0.15, 0.2) is 28.2 Å². The fourth-order valence-electron chi connectivity index (χ4n) is 4.83. The van der Waals surface area contributed by atoms with Crippen molar-refractivity contribution in [2.45, 2.75) is 30.5 Å². The minimum absolute atomic E-state index is 0.149. The first-order valence-corrected chi connectivity index (χ1v) is 15.8. The standard InChI is InChI=1S/C31H21BrF6N2O6S/c32-18-8-6-16(7-9-18)14-39(22-13-23(19(31(42)43)12-20(22)33)46-15-17-4-2-1-3-5-17)30(41)21-10-11-40(21)47(44,45)29-27(37)25(35)24(34)26(36)28(29)38/h1-9,12-13,21H,10-11,14-15H2,(H,42,43)/t21-/m1/s1. The van der Waals surface area contributed by atoms with Crippen LogP contribution in [0.3, 0.4) is 0 Å². The molecule has 1 N–H and O–H groups in total. The minimum atomic E-state index is -5.50. The first kappa shape index (κ1) is 33.9. The second-order valence-corrected chi connectivity index (χ2v) is 13.0. The zero-order chi connectivity index (χ0) is 34.2. The summed E-state index contributed by atoms with van der Waals surface area (Å²) >= 11 is 3.26. The van der Waals surface area contributed by atoms with Gasteiger partial charge in [0.2, 0.25) is 21.7 Å². The predicted molar refractivity (Wildman–Crippen MR) is 158 cm³/mol. The van der Waals surface area contributed by atoms with Crippen LogP contribution in [-0.4, -0.2) is 42.3 Å². The van der Waals surface area contributed by atoms with Crippen LogP contribution in [0, 0.1) is 34.9 Å². The number of nitrogens with zero attached hydrogens (tertiary/aromatic N) is 2. The number of hydrogen-bond donors (Lipinski definition) is 1. The molecule has 5 rings (SSSR count). The molecular weight excluding hydrogens is 722 g/mol. The number of amides is 1. The number of rotatable bonds is 10. The smallest absolute Gasteiger partial charge is 0.339 e. The van der Waals surface area contributed by atoms with Gasteiger partial charge in [-0.25, -0.2) is 39.6 Å². The summed E-state index contributed by atoms with van der Waals surface area (Å²) in [5.74, 6) is -17.0. The molecule has 1 fully saturated rings. The van der Waals surface area contributed by atoms with Crippen LogP contribution in [0.4, 0.5) is 32.0 Å². The zero-order valence-electron chi connectivity index (χ0n) is 23.7. The molecule has 0 bridgehead atoms. The van der Waals surface area contributed by atoms with Crippen molar-refractivity contribution in [3.05, 3.63) is 123 Å². The molecule has 0 saturated carbocycles. The van der Waals surface area contributed by atoms with Gasteiger partial charge in [-0.15, -0.1) is 0 Å². The van der Waals surface area contributed by atoms with Crippen molar-refractivity contribution in [1.29, 1.82) is 0 Å². The highest BCUT2D eigenvalue weighted by Gasteiger charge is 2.48. The fourth-order valence-corrected chi connectivity index (χ4v) is 6.84. The Balaban J connectivity index is 1.57. The summed E-state index contributed by atoms with van der Waals surface area (Å²) in [6.45, 7) is -1.11. The number of carbonyl (C=O) groups is 2. The van der Waals surface area contributed by atoms with Crippen LogP contribution in [0.5, 0.6) is 5.75 Å². The highest BCUT2D eigenvalue weighted by atomic mass is 79.9. The topological polar surface area (TPSA) is 104 Å². The van der Waals surface area contributed by atoms with Crippen molar-refractivity contribution < 1.29 is 54.2 Å². The highest BCUT2D eigenvalue weighted by Crippen LogP contribution is 2.37. The number of aromatic carboxylic acids is 1. The van der Waals surface area contributed by atoms with Crippen LogP contribution in [0.2, 0.25) is 0 Å². The fraction of sp³-hybridized carbons (Fsp3) is 0.161. The number of anilines is 1. The van der Waals surface area contributed by atoms with Crippen molar-refractivity contribution >= 4 is 43.5 Å². The van der Waals surface area contributed by atoms with Crippen molar-refractivity contribution in [3.8, 4) is 5.75 Å². The van der Waals surface area contributed by atoms with Gasteiger partial charge in [0.1, 0.15) is 29.8 Å². The number of hydrogen-bond acceptors (Lipinski definition) is 5. The number of carboxylic acids is 1. The number of benzene rings is 4. The molecule has 16 heteroatoms. The molecule has 8 nitrogen and oxygen atoms in total. The average Bonchev–Trinajstić information content (AvgIpc) is 3.01. The van der Waals surface area contributed by atoms with Gasteiger partial charge in [-0.1, -0.05) is 58.4 Å². The SMILES string of the molecule is O=C(O)c1cc(F)c(N(Cc2ccc(Br)cc2)C(=O)[C@H]2CCN2S(=O)(=O)c2c(F)c(F)c(F)c(F)c2F)cc1OCc1ccccc1. The van der Waals surface area contributed by atoms with E-state index in [0.717, 1.165) is 11.0 Å². The Hall–Kier alpha value is -4.41. The summed E-state index contributed by atoms with van der Waals surface area (Å²) in [7, 11) is -5.50. The highest BCUT2D eigenvalue weighted by molar-refractivity contribution is 9.10. The number of carboxylic acid groups (broad SMARTS) is 1. The van der Waals surface area contributed by atoms with E-state index in [4.69, 9.17) is 4.74 Å². The Kier molecular flexibility index (Phi) is 9.65. The number of carbonyl (C=O) groups excluding carboxylic acids is 1. The van der Waals surface area contributed by atoms with Gasteiger partial charge >= 0.3 is 5.97 Å². The molecule has 1 aliphatic heterocycles. The molecule has 0 aromatic heterocycles. The summed E-state index contributed by atoms with van der Waals surface area (Å²) in [4.78, 5) is 24.6. The third kappa shape index (κ3) is 6.57. The maximum atomic E-state index is 15.7. The Morgan fingerprint density at radius 1 is 0.872 bits per heavy atom. The Bertz CT molecular complexity index is 1950. The molecule has 1 heterocycles. The van der Waals surface area contributed by atoms with E-state index in [9.17, 15) is 45.1 Å². The summed E-state index contributed by atoms with van der Waals surface area (Å²) in [6.07, 6.45) is -0.267. The molecule has 1 saturated heterocycles. The van der Waals surface area contributed by atoms with Crippen molar-refractivity contribution in [2.75, 3.05) is 11.4 Å². The lowest BCUT2D eigenvalue weighted by molar-refractivity contribution is -0.125. The number of ether oxygens (including phenoxy) is 1. The van der Waals surface area contributed by atoms with Gasteiger partial charge in [-0.05, 0) is 35.7 Å². The van der Waals surface area contributed by atoms with E-state index in [-0.39, 0.29) is 23.1 Å². The molecule has 4 aromatic carbocycles. The lowest BCUT2D eigenvalue weighted by atomic mass is 10.0. The van der Waals surface area contributed by atoms with Crippen molar-refractivity contribution in [1.82, 2.24) is 4.31 Å². The molecule has 0 radical (unpaired) electrons. The van der Waals surface area contributed by atoms with Gasteiger partial charge in [-0.2, -0.15) is 4.31 Å². The van der Waals surface area contributed by atoms with E-state index >= 15 is 4.39 Å². The molecule has 246 valence electrons. The van der Waals surface area contributed by atoms with Gasteiger partial charge in [0.25, 0.3) is 0 Å². The van der Waals surface area contributed by atoms with Crippen LogP contribution in [0.15, 0.2) is 76.1 Å². The molecule has 0 unspecified atom stereocenters. The summed E-state index contributed by atoms with van der Waals surface area (Å²) < 4.78 is 119. The normalized spacial score (nSPS) is 14.8. The van der Waals surface area contributed by atoms with Crippen LogP contribution in [0.1, 0.15) is 27.9 Å². The largest absolute Gasteiger partial charge is 0.488 e. The maximum absolute atomic E-state index is 15.7. The van der Waals surface area contributed by atoms with Crippen LogP contribution >= 0.6 is 15.9 Å². The first-order valence-electron chi connectivity index (χ1n) is 13.5. The van der Waals surface area contributed by atoms with Gasteiger partial charge in [-0.3, -0.25) is 4.79 Å². The number of halogens is 7. The van der Waals surface area contributed by atoms with E-state index in [0.29, 0.717) is 21.7 Å².